The zero-order chi connectivity index (χ0) is 12.0. The normalized spacial score (nSPS) is 13.0. The smallest absolute Gasteiger partial charge is 0.0625 e. The molecule has 0 aliphatic carbocycles. The third-order valence-electron chi connectivity index (χ3n) is 2.91. The van der Waals surface area contributed by atoms with Gasteiger partial charge in [0.1, 0.15) is 0 Å². The lowest BCUT2D eigenvalue weighted by atomic mass is 10.1. The van der Waals surface area contributed by atoms with Gasteiger partial charge in [0.05, 0.1) is 11.4 Å². The van der Waals surface area contributed by atoms with Crippen LogP contribution in [0.2, 0.25) is 0 Å². The molecular formula is C12H22BrN3. The van der Waals surface area contributed by atoms with Crippen molar-refractivity contribution in [1.82, 2.24) is 15.1 Å². The van der Waals surface area contributed by atoms with Gasteiger partial charge in [0.25, 0.3) is 0 Å². The quantitative estimate of drug-likeness (QED) is 0.782. The average Bonchev–Trinajstić information content (AvgIpc) is 2.65. The highest BCUT2D eigenvalue weighted by Gasteiger charge is 2.07. The van der Waals surface area contributed by atoms with Gasteiger partial charge in [-0.2, -0.15) is 5.10 Å². The van der Waals surface area contributed by atoms with E-state index >= 15 is 0 Å². The molecule has 0 bridgehead atoms. The first kappa shape index (κ1) is 13.7. The first-order valence-corrected chi connectivity index (χ1v) is 7.14. The third kappa shape index (κ3) is 3.91. The molecule has 3 nitrogen and oxygen atoms in total. The molecule has 0 saturated heterocycles. The first-order valence-electron chi connectivity index (χ1n) is 6.02. The highest BCUT2D eigenvalue weighted by molar-refractivity contribution is 9.09. The van der Waals surface area contributed by atoms with Crippen LogP contribution in [0.5, 0.6) is 0 Å². The molecule has 0 aliphatic rings. The summed E-state index contributed by atoms with van der Waals surface area (Å²) < 4.78 is 1.98. The lowest BCUT2D eigenvalue weighted by molar-refractivity contribution is 0.476. The van der Waals surface area contributed by atoms with Crippen LogP contribution in [-0.2, 0) is 20.0 Å². The van der Waals surface area contributed by atoms with Crippen LogP contribution >= 0.6 is 15.9 Å². The van der Waals surface area contributed by atoms with E-state index in [9.17, 15) is 0 Å². The summed E-state index contributed by atoms with van der Waals surface area (Å²) in [5.41, 5.74) is 2.44. The largest absolute Gasteiger partial charge is 0.308 e. The van der Waals surface area contributed by atoms with Gasteiger partial charge in [0, 0.05) is 25.0 Å². The van der Waals surface area contributed by atoms with Crippen molar-refractivity contribution in [3.63, 3.8) is 0 Å². The molecule has 0 aliphatic heterocycles. The maximum atomic E-state index is 4.45. The molecule has 0 saturated carbocycles. The number of rotatable bonds is 7. The van der Waals surface area contributed by atoms with Gasteiger partial charge in [-0.05, 0) is 25.3 Å². The molecule has 1 heterocycles. The Bertz CT molecular complexity index is 309. The fraction of sp³-hybridized carbons (Fsp3) is 0.750. The molecule has 0 fully saturated rings. The number of alkyl halides is 1. The topological polar surface area (TPSA) is 29.9 Å². The minimum atomic E-state index is 0.597. The van der Waals surface area contributed by atoms with Crippen LogP contribution in [0.1, 0.15) is 38.1 Å². The Hall–Kier alpha value is -0.350. The summed E-state index contributed by atoms with van der Waals surface area (Å²) in [5.74, 6) is 0. The average molecular weight is 288 g/mol. The molecule has 1 aromatic heterocycles. The summed E-state index contributed by atoms with van der Waals surface area (Å²) in [5, 5.41) is 9.08. The fourth-order valence-electron chi connectivity index (χ4n) is 1.74. The Morgan fingerprint density at radius 1 is 1.50 bits per heavy atom. The van der Waals surface area contributed by atoms with Gasteiger partial charge in [-0.1, -0.05) is 29.8 Å². The van der Waals surface area contributed by atoms with E-state index in [0.717, 1.165) is 18.3 Å². The number of aromatic nitrogens is 2. The summed E-state index contributed by atoms with van der Waals surface area (Å²) in [6.07, 6.45) is 3.35. The molecule has 0 spiro atoms. The molecule has 92 valence electrons. The van der Waals surface area contributed by atoms with Crippen LogP contribution < -0.4 is 5.32 Å². The second-order valence-electron chi connectivity index (χ2n) is 4.07. The predicted molar refractivity (Wildman–Crippen MR) is 71.9 cm³/mol. The van der Waals surface area contributed by atoms with Crippen LogP contribution in [-0.4, -0.2) is 21.2 Å². The van der Waals surface area contributed by atoms with Crippen LogP contribution in [0, 0.1) is 0 Å². The summed E-state index contributed by atoms with van der Waals surface area (Å²) in [4.78, 5) is 0. The van der Waals surface area contributed by atoms with Crippen molar-refractivity contribution in [2.45, 2.75) is 45.7 Å². The van der Waals surface area contributed by atoms with Gasteiger partial charge < -0.3 is 5.32 Å². The summed E-state index contributed by atoms with van der Waals surface area (Å²) in [6, 6.07) is 2.78. The molecule has 1 atom stereocenters. The second-order valence-corrected chi connectivity index (χ2v) is 4.86. The van der Waals surface area contributed by atoms with Gasteiger partial charge in [0.15, 0.2) is 0 Å². The van der Waals surface area contributed by atoms with E-state index in [4.69, 9.17) is 0 Å². The fourth-order valence-corrected chi connectivity index (χ4v) is 2.29. The molecule has 1 N–H and O–H groups in total. The predicted octanol–water partition coefficient (Wildman–Crippen LogP) is 2.64. The van der Waals surface area contributed by atoms with E-state index in [0.29, 0.717) is 6.04 Å². The minimum absolute atomic E-state index is 0.597. The van der Waals surface area contributed by atoms with E-state index in [1.807, 2.05) is 11.7 Å². The summed E-state index contributed by atoms with van der Waals surface area (Å²) in [6.45, 7) is 5.27. The number of hydrogen-bond donors (Lipinski definition) is 1. The van der Waals surface area contributed by atoms with Gasteiger partial charge in [-0.3, -0.25) is 4.68 Å². The lowest BCUT2D eigenvalue weighted by Crippen LogP contribution is -2.29. The molecule has 1 aromatic rings. The number of nitrogens with zero attached hydrogens (tertiary/aromatic N) is 2. The maximum Gasteiger partial charge on any atom is 0.0625 e. The van der Waals surface area contributed by atoms with Crippen molar-refractivity contribution in [2.24, 2.45) is 7.05 Å². The van der Waals surface area contributed by atoms with Crippen molar-refractivity contribution in [1.29, 1.82) is 0 Å². The van der Waals surface area contributed by atoms with Crippen molar-refractivity contribution in [3.8, 4) is 0 Å². The van der Waals surface area contributed by atoms with Gasteiger partial charge in [-0.15, -0.1) is 0 Å². The van der Waals surface area contributed by atoms with E-state index in [2.05, 4.69) is 46.3 Å². The number of nitrogens with one attached hydrogen (secondary N) is 1. The zero-order valence-electron chi connectivity index (χ0n) is 10.5. The van der Waals surface area contributed by atoms with E-state index in [-0.39, 0.29) is 0 Å². The lowest BCUT2D eigenvalue weighted by Gasteiger charge is -2.15. The molecule has 0 radical (unpaired) electrons. The number of halogens is 1. The molecule has 1 rings (SSSR count). The molecular weight excluding hydrogens is 266 g/mol. The van der Waals surface area contributed by atoms with Crippen molar-refractivity contribution in [3.05, 3.63) is 17.5 Å². The Morgan fingerprint density at radius 3 is 2.75 bits per heavy atom. The maximum absolute atomic E-state index is 4.45. The minimum Gasteiger partial charge on any atom is -0.308 e. The third-order valence-corrected chi connectivity index (χ3v) is 3.37. The second kappa shape index (κ2) is 7.07. The molecule has 0 aromatic carbocycles. The van der Waals surface area contributed by atoms with E-state index in [1.165, 1.54) is 24.2 Å². The standard InChI is InChI=1S/C12H22BrN3/c1-4-10(6-7-13)14-9-12-8-11(5-2)15-16(12)3/h8,10,14H,4-7,9H2,1-3H3. The highest BCUT2D eigenvalue weighted by Crippen LogP contribution is 2.06. The SMILES string of the molecule is CCc1cc(CNC(CC)CCBr)n(C)n1. The van der Waals surface area contributed by atoms with E-state index < -0.39 is 0 Å². The van der Waals surface area contributed by atoms with Gasteiger partial charge in [-0.25, -0.2) is 0 Å². The van der Waals surface area contributed by atoms with Gasteiger partial charge in [0.2, 0.25) is 0 Å². The van der Waals surface area contributed by atoms with Crippen molar-refractivity contribution >= 4 is 15.9 Å². The summed E-state index contributed by atoms with van der Waals surface area (Å²) in [7, 11) is 2.02. The van der Waals surface area contributed by atoms with Crippen molar-refractivity contribution in [2.75, 3.05) is 5.33 Å². The van der Waals surface area contributed by atoms with Crippen molar-refractivity contribution < 1.29 is 0 Å². The Balaban J connectivity index is 2.49. The monoisotopic (exact) mass is 287 g/mol. The first-order chi connectivity index (χ1) is 7.71. The van der Waals surface area contributed by atoms with Crippen LogP contribution in [0.25, 0.3) is 0 Å². The number of aryl methyl sites for hydroxylation is 2. The molecule has 1 unspecified atom stereocenters. The van der Waals surface area contributed by atoms with Crippen LogP contribution in [0.4, 0.5) is 0 Å². The van der Waals surface area contributed by atoms with Gasteiger partial charge >= 0.3 is 0 Å². The molecule has 16 heavy (non-hydrogen) atoms. The van der Waals surface area contributed by atoms with E-state index in [1.54, 1.807) is 0 Å². The Morgan fingerprint density at radius 2 is 2.25 bits per heavy atom. The Kier molecular flexibility index (Phi) is 6.06. The zero-order valence-corrected chi connectivity index (χ0v) is 12.0. The molecule has 4 heteroatoms. The highest BCUT2D eigenvalue weighted by atomic mass is 79.9. The Labute approximate surface area is 107 Å². The summed E-state index contributed by atoms with van der Waals surface area (Å²) >= 11 is 3.49. The number of hydrogen-bond acceptors (Lipinski definition) is 2. The molecule has 0 amide bonds. The van der Waals surface area contributed by atoms with Crippen LogP contribution in [0.3, 0.4) is 0 Å². The van der Waals surface area contributed by atoms with Crippen LogP contribution in [0.15, 0.2) is 6.07 Å².